The molecule has 0 bridgehead atoms. The summed E-state index contributed by atoms with van der Waals surface area (Å²) in [6, 6.07) is 4.80. The molecule has 1 N–H and O–H groups in total. The van der Waals surface area contributed by atoms with E-state index in [-0.39, 0.29) is 25.1 Å². The van der Waals surface area contributed by atoms with Gasteiger partial charge in [0, 0.05) is 17.5 Å². The lowest BCUT2D eigenvalue weighted by molar-refractivity contribution is 0.0137. The quantitative estimate of drug-likeness (QED) is 0.616. The van der Waals surface area contributed by atoms with Crippen LogP contribution in [-0.4, -0.2) is 31.0 Å². The van der Waals surface area contributed by atoms with E-state index >= 15 is 0 Å². The maximum absolute atomic E-state index is 13.8. The summed E-state index contributed by atoms with van der Waals surface area (Å²) in [6.45, 7) is 5.09. The molecule has 0 aliphatic heterocycles. The predicted octanol–water partition coefficient (Wildman–Crippen LogP) is 2.50. The largest absolute Gasteiger partial charge is 0.395 e. The van der Waals surface area contributed by atoms with Crippen LogP contribution in [0.5, 0.6) is 0 Å². The number of aliphatic hydroxyl groups excluding tert-OH is 1. The van der Waals surface area contributed by atoms with E-state index in [2.05, 4.69) is 11.8 Å². The van der Waals surface area contributed by atoms with Gasteiger partial charge in [-0.25, -0.2) is 4.39 Å². The molecule has 0 heterocycles. The summed E-state index contributed by atoms with van der Waals surface area (Å²) >= 11 is 0. The molecule has 0 aromatic heterocycles. The highest BCUT2D eigenvalue weighted by atomic mass is 19.1. The van der Waals surface area contributed by atoms with Crippen LogP contribution in [0.25, 0.3) is 0 Å². The Hall–Kier alpha value is -1.41. The highest BCUT2D eigenvalue weighted by Crippen LogP contribution is 2.11. The van der Waals surface area contributed by atoms with Crippen LogP contribution in [-0.2, 0) is 16.1 Å². The molecule has 0 atom stereocenters. The molecule has 0 radical (unpaired) electrons. The summed E-state index contributed by atoms with van der Waals surface area (Å²) < 4.78 is 24.5. The second kappa shape index (κ2) is 9.49. The number of hydrogen-bond donors (Lipinski definition) is 1. The SMILES string of the molecule is CC(C)OCCOCc1ccc(C#CCCO)cc1F. The van der Waals surface area contributed by atoms with E-state index in [1.807, 2.05) is 13.8 Å². The van der Waals surface area contributed by atoms with Crippen molar-refractivity contribution in [2.75, 3.05) is 19.8 Å². The highest BCUT2D eigenvalue weighted by molar-refractivity contribution is 5.36. The van der Waals surface area contributed by atoms with E-state index in [1.165, 1.54) is 6.07 Å². The molecule has 1 aromatic rings. The van der Waals surface area contributed by atoms with Crippen molar-refractivity contribution in [1.82, 2.24) is 0 Å². The first-order valence-electron chi connectivity index (χ1n) is 6.71. The molecule has 0 amide bonds. The summed E-state index contributed by atoms with van der Waals surface area (Å²) in [6.07, 6.45) is 0.564. The van der Waals surface area contributed by atoms with Crippen LogP contribution >= 0.6 is 0 Å². The fourth-order valence-electron chi connectivity index (χ4n) is 1.49. The Balaban J connectivity index is 2.42. The van der Waals surface area contributed by atoms with E-state index in [0.29, 0.717) is 30.8 Å². The lowest BCUT2D eigenvalue weighted by Gasteiger charge is -2.08. The third-order valence-electron chi connectivity index (χ3n) is 2.46. The summed E-state index contributed by atoms with van der Waals surface area (Å²) in [5, 5.41) is 8.61. The van der Waals surface area contributed by atoms with Crippen molar-refractivity contribution in [2.45, 2.75) is 33.0 Å². The molecule has 0 aliphatic rings. The number of aliphatic hydroxyl groups is 1. The lowest BCUT2D eigenvalue weighted by Crippen LogP contribution is -2.09. The van der Waals surface area contributed by atoms with Gasteiger partial charge in [-0.1, -0.05) is 17.9 Å². The van der Waals surface area contributed by atoms with E-state index < -0.39 is 0 Å². The van der Waals surface area contributed by atoms with Crippen molar-refractivity contribution < 1.29 is 19.0 Å². The molecular weight excluding hydrogens is 259 g/mol. The van der Waals surface area contributed by atoms with Gasteiger partial charge in [0.1, 0.15) is 5.82 Å². The minimum absolute atomic E-state index is 0.0137. The van der Waals surface area contributed by atoms with Crippen molar-refractivity contribution >= 4 is 0 Å². The molecule has 0 saturated heterocycles. The van der Waals surface area contributed by atoms with Gasteiger partial charge in [-0.2, -0.15) is 0 Å². The molecule has 0 unspecified atom stereocenters. The third-order valence-corrected chi connectivity index (χ3v) is 2.46. The van der Waals surface area contributed by atoms with Gasteiger partial charge in [-0.3, -0.25) is 0 Å². The maximum Gasteiger partial charge on any atom is 0.129 e. The zero-order valence-corrected chi connectivity index (χ0v) is 12.0. The Morgan fingerprint density at radius 2 is 2.10 bits per heavy atom. The first kappa shape index (κ1) is 16.6. The normalized spacial score (nSPS) is 10.4. The fraction of sp³-hybridized carbons (Fsp3) is 0.500. The molecule has 0 spiro atoms. The number of halogens is 1. The van der Waals surface area contributed by atoms with E-state index in [1.54, 1.807) is 12.1 Å². The van der Waals surface area contributed by atoms with Crippen molar-refractivity contribution in [3.05, 3.63) is 35.1 Å². The van der Waals surface area contributed by atoms with Crippen LogP contribution in [0.2, 0.25) is 0 Å². The summed E-state index contributed by atoms with van der Waals surface area (Å²) in [5.41, 5.74) is 1.10. The topological polar surface area (TPSA) is 38.7 Å². The molecule has 1 aromatic carbocycles. The van der Waals surface area contributed by atoms with Gasteiger partial charge in [0.15, 0.2) is 0 Å². The number of rotatable bonds is 7. The second-order valence-corrected chi connectivity index (χ2v) is 4.55. The predicted molar refractivity (Wildman–Crippen MR) is 75.7 cm³/mol. The van der Waals surface area contributed by atoms with Crippen LogP contribution in [0.1, 0.15) is 31.4 Å². The molecule has 0 fully saturated rings. The first-order valence-corrected chi connectivity index (χ1v) is 6.71. The van der Waals surface area contributed by atoms with Gasteiger partial charge >= 0.3 is 0 Å². The molecule has 0 saturated carbocycles. The van der Waals surface area contributed by atoms with Crippen LogP contribution in [0.3, 0.4) is 0 Å². The molecule has 0 aliphatic carbocycles. The molecule has 110 valence electrons. The Bertz CT molecular complexity index is 461. The number of benzene rings is 1. The van der Waals surface area contributed by atoms with Crippen LogP contribution < -0.4 is 0 Å². The van der Waals surface area contributed by atoms with Crippen molar-refractivity contribution in [2.24, 2.45) is 0 Å². The van der Waals surface area contributed by atoms with Gasteiger partial charge in [-0.05, 0) is 26.0 Å². The number of hydrogen-bond acceptors (Lipinski definition) is 3. The standard InChI is InChI=1S/C16H21FO3/c1-13(2)20-10-9-19-12-15-7-6-14(11-16(15)17)5-3-4-8-18/h6-7,11,13,18H,4,8-10,12H2,1-2H3. The van der Waals surface area contributed by atoms with Crippen molar-refractivity contribution in [1.29, 1.82) is 0 Å². The van der Waals surface area contributed by atoms with E-state index in [0.717, 1.165) is 0 Å². The second-order valence-electron chi connectivity index (χ2n) is 4.55. The van der Waals surface area contributed by atoms with Gasteiger partial charge < -0.3 is 14.6 Å². The fourth-order valence-corrected chi connectivity index (χ4v) is 1.49. The van der Waals surface area contributed by atoms with E-state index in [4.69, 9.17) is 14.6 Å². The molecule has 3 nitrogen and oxygen atoms in total. The maximum atomic E-state index is 13.8. The number of ether oxygens (including phenoxy) is 2. The molecular formula is C16H21FO3. The lowest BCUT2D eigenvalue weighted by atomic mass is 10.1. The minimum Gasteiger partial charge on any atom is -0.395 e. The van der Waals surface area contributed by atoms with Crippen LogP contribution in [0.4, 0.5) is 4.39 Å². The van der Waals surface area contributed by atoms with E-state index in [9.17, 15) is 4.39 Å². The summed E-state index contributed by atoms with van der Waals surface area (Å²) in [5.74, 6) is 5.22. The van der Waals surface area contributed by atoms with Crippen molar-refractivity contribution in [3.8, 4) is 11.8 Å². The highest BCUT2D eigenvalue weighted by Gasteiger charge is 2.03. The molecule has 4 heteroatoms. The van der Waals surface area contributed by atoms with Crippen molar-refractivity contribution in [3.63, 3.8) is 0 Å². The average Bonchev–Trinajstić information content (AvgIpc) is 2.40. The smallest absolute Gasteiger partial charge is 0.129 e. The Kier molecular flexibility index (Phi) is 7.89. The zero-order chi connectivity index (χ0) is 14.8. The minimum atomic E-state index is -0.328. The third kappa shape index (κ3) is 6.67. The van der Waals surface area contributed by atoms with Gasteiger partial charge in [0.05, 0.1) is 32.5 Å². The summed E-state index contributed by atoms with van der Waals surface area (Å²) in [7, 11) is 0. The van der Waals surface area contributed by atoms with Gasteiger partial charge in [-0.15, -0.1) is 0 Å². The Morgan fingerprint density at radius 3 is 2.75 bits per heavy atom. The Labute approximate surface area is 119 Å². The van der Waals surface area contributed by atoms with Crippen LogP contribution in [0, 0.1) is 17.7 Å². The average molecular weight is 280 g/mol. The van der Waals surface area contributed by atoms with Gasteiger partial charge in [0.25, 0.3) is 0 Å². The van der Waals surface area contributed by atoms with Gasteiger partial charge in [0.2, 0.25) is 0 Å². The zero-order valence-electron chi connectivity index (χ0n) is 12.0. The molecule has 20 heavy (non-hydrogen) atoms. The van der Waals surface area contributed by atoms with Crippen LogP contribution in [0.15, 0.2) is 18.2 Å². The first-order chi connectivity index (χ1) is 9.63. The Morgan fingerprint density at radius 1 is 1.30 bits per heavy atom. The monoisotopic (exact) mass is 280 g/mol. The molecule has 1 rings (SSSR count). The summed E-state index contributed by atoms with van der Waals surface area (Å²) in [4.78, 5) is 0.